The molecule has 0 saturated carbocycles. The summed E-state index contributed by atoms with van der Waals surface area (Å²) in [7, 11) is -3.47. The summed E-state index contributed by atoms with van der Waals surface area (Å²) in [6, 6.07) is 3.35. The monoisotopic (exact) mass is 400 g/mol. The van der Waals surface area contributed by atoms with Gasteiger partial charge in [-0.2, -0.15) is 0 Å². The first-order chi connectivity index (χ1) is 8.35. The normalized spacial score (nSPS) is 11.5. The van der Waals surface area contributed by atoms with Gasteiger partial charge in [0.2, 0.25) is 10.0 Å². The predicted molar refractivity (Wildman–Crippen MR) is 80.2 cm³/mol. The van der Waals surface area contributed by atoms with Gasteiger partial charge in [0.1, 0.15) is 0 Å². The Hall–Kier alpha value is -0.310. The maximum absolute atomic E-state index is 11.8. The molecule has 1 aromatic rings. The molecule has 0 radical (unpaired) electrons. The molecule has 0 spiro atoms. The largest absolute Gasteiger partial charge is 0.397 e. The van der Waals surface area contributed by atoms with Gasteiger partial charge in [-0.3, -0.25) is 4.72 Å². The van der Waals surface area contributed by atoms with Gasteiger partial charge in [0, 0.05) is 15.6 Å². The molecule has 0 fully saturated rings. The van der Waals surface area contributed by atoms with Crippen LogP contribution in [0.2, 0.25) is 0 Å². The van der Waals surface area contributed by atoms with E-state index in [0.29, 0.717) is 22.5 Å². The third kappa shape index (κ3) is 4.75. The minimum absolute atomic E-state index is 0.108. The Morgan fingerprint density at radius 1 is 1.39 bits per heavy atom. The maximum atomic E-state index is 11.8. The van der Waals surface area contributed by atoms with E-state index in [1.807, 2.05) is 6.92 Å². The summed E-state index contributed by atoms with van der Waals surface area (Å²) >= 11 is 6.54. The Labute approximate surface area is 123 Å². The Bertz CT molecular complexity index is 497. The van der Waals surface area contributed by atoms with Crippen molar-refractivity contribution in [1.29, 1.82) is 0 Å². The van der Waals surface area contributed by atoms with Crippen LogP contribution < -0.4 is 10.5 Å². The Morgan fingerprint density at radius 2 is 2.06 bits per heavy atom. The lowest BCUT2D eigenvalue weighted by molar-refractivity contribution is 0.163. The lowest BCUT2D eigenvalue weighted by atomic mass is 10.3. The highest BCUT2D eigenvalue weighted by molar-refractivity contribution is 9.11. The maximum Gasteiger partial charge on any atom is 0.235 e. The Kier molecular flexibility index (Phi) is 5.90. The summed E-state index contributed by atoms with van der Waals surface area (Å²) in [6.45, 7) is 2.45. The number of hydrogen-bond acceptors (Lipinski definition) is 4. The standard InChI is InChI=1S/C10H14Br2N2O3S/c1-2-17-3-4-18(15,16)14-10-8(12)5-7(11)6-9(10)13/h5-6,14H,2-4,13H2,1H3. The summed E-state index contributed by atoms with van der Waals surface area (Å²) in [5, 5.41) is 0. The van der Waals surface area contributed by atoms with Crippen molar-refractivity contribution in [2.24, 2.45) is 0 Å². The van der Waals surface area contributed by atoms with Gasteiger partial charge in [-0.05, 0) is 35.0 Å². The fourth-order valence-electron chi connectivity index (χ4n) is 1.22. The molecular formula is C10H14Br2N2O3S. The van der Waals surface area contributed by atoms with Crippen LogP contribution in [0.5, 0.6) is 0 Å². The van der Waals surface area contributed by atoms with Crippen molar-refractivity contribution in [3.05, 3.63) is 21.1 Å². The molecule has 102 valence electrons. The molecule has 0 bridgehead atoms. The summed E-state index contributed by atoms with van der Waals surface area (Å²) in [4.78, 5) is 0. The van der Waals surface area contributed by atoms with Crippen molar-refractivity contribution < 1.29 is 13.2 Å². The van der Waals surface area contributed by atoms with E-state index in [1.165, 1.54) is 0 Å². The van der Waals surface area contributed by atoms with Gasteiger partial charge in [-0.15, -0.1) is 0 Å². The van der Waals surface area contributed by atoms with Gasteiger partial charge >= 0.3 is 0 Å². The number of benzene rings is 1. The average Bonchev–Trinajstić information content (AvgIpc) is 2.23. The number of rotatable bonds is 6. The van der Waals surface area contributed by atoms with Gasteiger partial charge in [-0.1, -0.05) is 15.9 Å². The van der Waals surface area contributed by atoms with E-state index in [2.05, 4.69) is 36.6 Å². The quantitative estimate of drug-likeness (QED) is 0.566. The van der Waals surface area contributed by atoms with Crippen LogP contribution in [0.15, 0.2) is 21.1 Å². The molecule has 5 nitrogen and oxygen atoms in total. The molecule has 0 unspecified atom stereocenters. The molecule has 0 amide bonds. The van der Waals surface area contributed by atoms with Crippen molar-refractivity contribution in [2.75, 3.05) is 29.4 Å². The van der Waals surface area contributed by atoms with Crippen LogP contribution in [-0.4, -0.2) is 27.4 Å². The fraction of sp³-hybridized carbons (Fsp3) is 0.400. The number of nitrogens with two attached hydrogens (primary N) is 1. The molecule has 0 atom stereocenters. The molecule has 0 aliphatic carbocycles. The molecule has 18 heavy (non-hydrogen) atoms. The summed E-state index contributed by atoms with van der Waals surface area (Å²) in [5.41, 5.74) is 6.45. The summed E-state index contributed by atoms with van der Waals surface area (Å²) < 4.78 is 32.4. The molecule has 0 aliphatic rings. The zero-order valence-electron chi connectivity index (χ0n) is 9.74. The number of hydrogen-bond donors (Lipinski definition) is 2. The van der Waals surface area contributed by atoms with Crippen molar-refractivity contribution >= 4 is 53.3 Å². The van der Waals surface area contributed by atoms with Crippen molar-refractivity contribution in [3.63, 3.8) is 0 Å². The second-order valence-electron chi connectivity index (χ2n) is 3.47. The van der Waals surface area contributed by atoms with Crippen molar-refractivity contribution in [1.82, 2.24) is 0 Å². The first-order valence-corrected chi connectivity index (χ1v) is 8.42. The van der Waals surface area contributed by atoms with Crippen LogP contribution >= 0.6 is 31.9 Å². The second-order valence-corrected chi connectivity index (χ2v) is 7.08. The summed E-state index contributed by atoms with van der Waals surface area (Å²) in [6.07, 6.45) is 0. The molecule has 0 aliphatic heterocycles. The number of sulfonamides is 1. The van der Waals surface area contributed by atoms with E-state index in [1.54, 1.807) is 12.1 Å². The van der Waals surface area contributed by atoms with E-state index in [-0.39, 0.29) is 12.4 Å². The predicted octanol–water partition coefficient (Wildman–Crippen LogP) is 2.57. The number of halogens is 2. The van der Waals surface area contributed by atoms with Gasteiger partial charge < -0.3 is 10.5 Å². The highest BCUT2D eigenvalue weighted by Crippen LogP contribution is 2.33. The molecule has 8 heteroatoms. The zero-order chi connectivity index (χ0) is 13.8. The van der Waals surface area contributed by atoms with Gasteiger partial charge in [-0.25, -0.2) is 8.42 Å². The molecule has 0 saturated heterocycles. The van der Waals surface area contributed by atoms with Crippen LogP contribution in [0.3, 0.4) is 0 Å². The van der Waals surface area contributed by atoms with E-state index in [9.17, 15) is 8.42 Å². The highest BCUT2D eigenvalue weighted by Gasteiger charge is 2.15. The first-order valence-electron chi connectivity index (χ1n) is 5.18. The number of ether oxygens (including phenoxy) is 1. The SMILES string of the molecule is CCOCCS(=O)(=O)Nc1c(N)cc(Br)cc1Br. The lowest BCUT2D eigenvalue weighted by Crippen LogP contribution is -2.21. The van der Waals surface area contributed by atoms with E-state index in [4.69, 9.17) is 10.5 Å². The van der Waals surface area contributed by atoms with Crippen LogP contribution in [0.25, 0.3) is 0 Å². The van der Waals surface area contributed by atoms with Crippen LogP contribution in [-0.2, 0) is 14.8 Å². The molecule has 0 heterocycles. The van der Waals surface area contributed by atoms with Crippen LogP contribution in [0, 0.1) is 0 Å². The Balaban J connectivity index is 2.84. The minimum atomic E-state index is -3.47. The van der Waals surface area contributed by atoms with Crippen molar-refractivity contribution in [2.45, 2.75) is 6.92 Å². The van der Waals surface area contributed by atoms with E-state index in [0.717, 1.165) is 4.47 Å². The van der Waals surface area contributed by atoms with E-state index >= 15 is 0 Å². The Morgan fingerprint density at radius 3 is 2.61 bits per heavy atom. The third-order valence-electron chi connectivity index (χ3n) is 2.04. The van der Waals surface area contributed by atoms with Gasteiger partial charge in [0.15, 0.2) is 0 Å². The molecule has 0 aromatic heterocycles. The summed E-state index contributed by atoms with van der Waals surface area (Å²) in [5.74, 6) is -0.108. The molecule has 3 N–H and O–H groups in total. The smallest absolute Gasteiger partial charge is 0.235 e. The van der Waals surface area contributed by atoms with Crippen LogP contribution in [0.1, 0.15) is 6.92 Å². The zero-order valence-corrected chi connectivity index (χ0v) is 13.7. The van der Waals surface area contributed by atoms with Gasteiger partial charge in [0.05, 0.1) is 23.7 Å². The average molecular weight is 402 g/mol. The fourth-order valence-corrected chi connectivity index (χ4v) is 3.69. The van der Waals surface area contributed by atoms with E-state index < -0.39 is 10.0 Å². The lowest BCUT2D eigenvalue weighted by Gasteiger charge is -2.12. The van der Waals surface area contributed by atoms with Gasteiger partial charge in [0.25, 0.3) is 0 Å². The minimum Gasteiger partial charge on any atom is -0.397 e. The molecular weight excluding hydrogens is 388 g/mol. The topological polar surface area (TPSA) is 81.4 Å². The number of anilines is 2. The number of nitrogen functional groups attached to an aromatic ring is 1. The molecule has 1 aromatic carbocycles. The molecule has 1 rings (SSSR count). The van der Waals surface area contributed by atoms with Crippen molar-refractivity contribution in [3.8, 4) is 0 Å². The van der Waals surface area contributed by atoms with Crippen LogP contribution in [0.4, 0.5) is 11.4 Å². The number of nitrogens with one attached hydrogen (secondary N) is 1. The first kappa shape index (κ1) is 15.7. The second kappa shape index (κ2) is 6.74. The highest BCUT2D eigenvalue weighted by atomic mass is 79.9. The third-order valence-corrected chi connectivity index (χ3v) is 4.35.